The first-order chi connectivity index (χ1) is 11.7. The van der Waals surface area contributed by atoms with Crippen LogP contribution < -0.4 is 14.8 Å². The second-order valence-electron chi connectivity index (χ2n) is 5.58. The number of fused-ring (bicyclic) bond motifs is 1. The van der Waals surface area contributed by atoms with Crippen molar-refractivity contribution in [2.75, 3.05) is 19.7 Å². The fraction of sp³-hybridized carbons (Fsp3) is 0.412. The second-order valence-corrected chi connectivity index (χ2v) is 6.52. The molecular formula is C17H21N3O3S. The zero-order valence-corrected chi connectivity index (χ0v) is 14.6. The molecule has 0 bridgehead atoms. The molecule has 1 atom stereocenters. The fourth-order valence-corrected chi connectivity index (χ4v) is 3.21. The smallest absolute Gasteiger partial charge is 0.317 e. The molecule has 0 saturated carbocycles. The Morgan fingerprint density at radius 3 is 2.92 bits per heavy atom. The van der Waals surface area contributed by atoms with E-state index in [0.717, 1.165) is 22.2 Å². The van der Waals surface area contributed by atoms with Crippen LogP contribution in [0.1, 0.15) is 17.6 Å². The van der Waals surface area contributed by atoms with Crippen LogP contribution in [0.25, 0.3) is 0 Å². The number of ether oxygens (including phenoxy) is 2. The van der Waals surface area contributed by atoms with Gasteiger partial charge in [-0.3, -0.25) is 0 Å². The number of para-hydroxylation sites is 2. The van der Waals surface area contributed by atoms with Crippen LogP contribution in [0.2, 0.25) is 0 Å². The van der Waals surface area contributed by atoms with Gasteiger partial charge >= 0.3 is 6.03 Å². The van der Waals surface area contributed by atoms with Gasteiger partial charge in [0, 0.05) is 17.6 Å². The van der Waals surface area contributed by atoms with Crippen LogP contribution >= 0.6 is 11.3 Å². The Kier molecular flexibility index (Phi) is 5.20. The highest BCUT2D eigenvalue weighted by molar-refractivity contribution is 7.09. The minimum absolute atomic E-state index is 0.118. The van der Waals surface area contributed by atoms with Crippen LogP contribution in [0.4, 0.5) is 4.79 Å². The number of nitrogens with zero attached hydrogens (tertiary/aromatic N) is 2. The number of nitrogens with one attached hydrogen (secondary N) is 1. The van der Waals surface area contributed by atoms with Gasteiger partial charge in [-0.1, -0.05) is 12.1 Å². The molecule has 7 heteroatoms. The molecule has 0 spiro atoms. The monoisotopic (exact) mass is 347 g/mol. The standard InChI is InChI=1S/C17H21N3O3S/c1-3-20(17(21)18-8-16-19-12(2)11-24-16)9-13-10-22-14-6-4-5-7-15(14)23-13/h4-7,11,13H,3,8-10H2,1-2H3,(H,18,21)/t13-/m1/s1. The first kappa shape index (κ1) is 16.6. The summed E-state index contributed by atoms with van der Waals surface area (Å²) in [6.07, 6.45) is -0.173. The van der Waals surface area contributed by atoms with Gasteiger partial charge in [-0.05, 0) is 26.0 Å². The van der Waals surface area contributed by atoms with Crippen LogP contribution in [0, 0.1) is 6.92 Å². The third-order valence-electron chi connectivity index (χ3n) is 3.72. The van der Waals surface area contributed by atoms with Crippen LogP contribution in [0.3, 0.4) is 0 Å². The number of amides is 2. The van der Waals surface area contributed by atoms with E-state index in [1.807, 2.05) is 43.5 Å². The molecule has 1 aromatic carbocycles. The van der Waals surface area contributed by atoms with E-state index in [1.165, 1.54) is 0 Å². The Morgan fingerprint density at radius 2 is 2.21 bits per heavy atom. The van der Waals surface area contributed by atoms with Crippen molar-refractivity contribution in [3.8, 4) is 11.5 Å². The van der Waals surface area contributed by atoms with Crippen molar-refractivity contribution in [1.29, 1.82) is 0 Å². The number of aromatic nitrogens is 1. The molecule has 1 aromatic heterocycles. The van der Waals surface area contributed by atoms with Gasteiger partial charge in [-0.15, -0.1) is 11.3 Å². The molecule has 0 fully saturated rings. The molecule has 1 aliphatic rings. The lowest BCUT2D eigenvalue weighted by molar-refractivity contribution is 0.0675. The summed E-state index contributed by atoms with van der Waals surface area (Å²) in [4.78, 5) is 18.4. The highest BCUT2D eigenvalue weighted by Gasteiger charge is 2.24. The molecule has 24 heavy (non-hydrogen) atoms. The lowest BCUT2D eigenvalue weighted by Crippen LogP contribution is -2.47. The molecule has 2 amide bonds. The third kappa shape index (κ3) is 3.97. The van der Waals surface area contributed by atoms with Gasteiger partial charge in [0.1, 0.15) is 11.6 Å². The van der Waals surface area contributed by atoms with Crippen LogP contribution in [0.15, 0.2) is 29.6 Å². The highest BCUT2D eigenvalue weighted by atomic mass is 32.1. The zero-order chi connectivity index (χ0) is 16.9. The number of thiazole rings is 1. The largest absolute Gasteiger partial charge is 0.486 e. The number of likely N-dealkylation sites (N-methyl/N-ethyl adjacent to an activating group) is 1. The summed E-state index contributed by atoms with van der Waals surface area (Å²) < 4.78 is 11.6. The van der Waals surface area contributed by atoms with E-state index in [-0.39, 0.29) is 12.1 Å². The Balaban J connectivity index is 1.53. The summed E-state index contributed by atoms with van der Waals surface area (Å²) in [5.41, 5.74) is 0.975. The molecule has 0 unspecified atom stereocenters. The van der Waals surface area contributed by atoms with Crippen molar-refractivity contribution in [3.63, 3.8) is 0 Å². The van der Waals surface area contributed by atoms with E-state index in [2.05, 4.69) is 10.3 Å². The number of carbonyl (C=O) groups is 1. The minimum Gasteiger partial charge on any atom is -0.486 e. The Hall–Kier alpha value is -2.28. The van der Waals surface area contributed by atoms with Crippen molar-refractivity contribution in [3.05, 3.63) is 40.3 Å². The van der Waals surface area contributed by atoms with E-state index in [0.29, 0.717) is 26.2 Å². The predicted octanol–water partition coefficient (Wildman–Crippen LogP) is 2.82. The van der Waals surface area contributed by atoms with Crippen molar-refractivity contribution in [1.82, 2.24) is 15.2 Å². The van der Waals surface area contributed by atoms with Gasteiger partial charge in [0.2, 0.25) is 0 Å². The quantitative estimate of drug-likeness (QED) is 0.903. The van der Waals surface area contributed by atoms with Crippen LogP contribution in [-0.2, 0) is 6.54 Å². The molecule has 1 aliphatic heterocycles. The van der Waals surface area contributed by atoms with Gasteiger partial charge in [-0.2, -0.15) is 0 Å². The second kappa shape index (κ2) is 7.53. The van der Waals surface area contributed by atoms with E-state index in [4.69, 9.17) is 9.47 Å². The molecule has 0 saturated heterocycles. The van der Waals surface area contributed by atoms with Crippen molar-refractivity contribution in [2.45, 2.75) is 26.5 Å². The number of aryl methyl sites for hydroxylation is 1. The van der Waals surface area contributed by atoms with Gasteiger partial charge in [0.25, 0.3) is 0 Å². The summed E-state index contributed by atoms with van der Waals surface area (Å²) in [5.74, 6) is 1.48. The maximum absolute atomic E-state index is 12.4. The molecule has 2 heterocycles. The molecule has 1 N–H and O–H groups in total. The first-order valence-electron chi connectivity index (χ1n) is 7.98. The number of hydrogen-bond acceptors (Lipinski definition) is 5. The summed E-state index contributed by atoms with van der Waals surface area (Å²) in [7, 11) is 0. The number of urea groups is 1. The van der Waals surface area contributed by atoms with Crippen molar-refractivity contribution in [2.24, 2.45) is 0 Å². The maximum Gasteiger partial charge on any atom is 0.317 e. The molecule has 0 radical (unpaired) electrons. The van der Waals surface area contributed by atoms with Crippen molar-refractivity contribution < 1.29 is 14.3 Å². The summed E-state index contributed by atoms with van der Waals surface area (Å²) in [6.45, 7) is 5.85. The van der Waals surface area contributed by atoms with E-state index in [9.17, 15) is 4.79 Å². The lowest BCUT2D eigenvalue weighted by Gasteiger charge is -2.30. The summed E-state index contributed by atoms with van der Waals surface area (Å²) >= 11 is 1.55. The number of carbonyl (C=O) groups excluding carboxylic acids is 1. The van der Waals surface area contributed by atoms with Crippen molar-refractivity contribution >= 4 is 17.4 Å². The Morgan fingerprint density at radius 1 is 1.42 bits per heavy atom. The number of rotatable bonds is 5. The molecule has 6 nitrogen and oxygen atoms in total. The van der Waals surface area contributed by atoms with E-state index in [1.54, 1.807) is 16.2 Å². The van der Waals surface area contributed by atoms with E-state index >= 15 is 0 Å². The minimum atomic E-state index is -0.173. The third-order valence-corrected chi connectivity index (χ3v) is 4.68. The summed E-state index contributed by atoms with van der Waals surface area (Å²) in [6, 6.07) is 7.46. The average molecular weight is 347 g/mol. The fourth-order valence-electron chi connectivity index (χ4n) is 2.50. The van der Waals surface area contributed by atoms with E-state index < -0.39 is 0 Å². The number of hydrogen-bond donors (Lipinski definition) is 1. The molecule has 3 rings (SSSR count). The molecule has 128 valence electrons. The molecular weight excluding hydrogens is 326 g/mol. The average Bonchev–Trinajstić information content (AvgIpc) is 3.02. The van der Waals surface area contributed by atoms with Gasteiger partial charge < -0.3 is 19.7 Å². The predicted molar refractivity (Wildman–Crippen MR) is 92.7 cm³/mol. The van der Waals surface area contributed by atoms with Crippen LogP contribution in [0.5, 0.6) is 11.5 Å². The topological polar surface area (TPSA) is 63.7 Å². The highest BCUT2D eigenvalue weighted by Crippen LogP contribution is 2.30. The van der Waals surface area contributed by atoms with Gasteiger partial charge in [-0.25, -0.2) is 9.78 Å². The first-order valence-corrected chi connectivity index (χ1v) is 8.86. The zero-order valence-electron chi connectivity index (χ0n) is 13.8. The SMILES string of the molecule is CCN(C[C@@H]1COc2ccccc2O1)C(=O)NCc1nc(C)cs1. The van der Waals surface area contributed by atoms with Gasteiger partial charge in [0.15, 0.2) is 17.6 Å². The molecule has 2 aromatic rings. The Bertz CT molecular complexity index is 704. The summed E-state index contributed by atoms with van der Waals surface area (Å²) in [5, 5.41) is 5.79. The number of benzene rings is 1. The van der Waals surface area contributed by atoms with Crippen LogP contribution in [-0.4, -0.2) is 41.7 Å². The molecule has 0 aliphatic carbocycles. The van der Waals surface area contributed by atoms with Gasteiger partial charge in [0.05, 0.1) is 13.1 Å². The normalized spacial score (nSPS) is 15.8. The Labute approximate surface area is 145 Å². The maximum atomic E-state index is 12.4. The lowest BCUT2D eigenvalue weighted by atomic mass is 10.2.